The van der Waals surface area contributed by atoms with E-state index in [1.54, 1.807) is 10.6 Å². The first-order valence-corrected chi connectivity index (χ1v) is 16.9. The van der Waals surface area contributed by atoms with Gasteiger partial charge in [-0.25, -0.2) is 0 Å². The molecule has 51 heavy (non-hydrogen) atoms. The second kappa shape index (κ2) is 10.8. The van der Waals surface area contributed by atoms with E-state index < -0.39 is 12.1 Å². The zero-order chi connectivity index (χ0) is 39.6. The molecule has 11 rings (SSSR count). The van der Waals surface area contributed by atoms with E-state index in [0.29, 0.717) is 22.4 Å². The van der Waals surface area contributed by atoms with Crippen LogP contribution < -0.4 is 0 Å². The lowest BCUT2D eigenvalue weighted by atomic mass is 10.0. The Morgan fingerprint density at radius 1 is 0.373 bits per heavy atom. The summed E-state index contributed by atoms with van der Waals surface area (Å²) in [6.45, 7) is 0. The Bertz CT molecular complexity index is 3530. The van der Waals surface area contributed by atoms with Crippen molar-refractivity contribution in [2.75, 3.05) is 0 Å². The number of hydrogen-bond acceptors (Lipinski definition) is 1. The number of benzene rings is 8. The third-order valence-electron chi connectivity index (χ3n) is 9.97. The molecule has 0 saturated carbocycles. The Balaban J connectivity index is 1.16. The van der Waals surface area contributed by atoms with Crippen molar-refractivity contribution >= 4 is 65.6 Å². The van der Waals surface area contributed by atoms with Gasteiger partial charge >= 0.3 is 0 Å². The van der Waals surface area contributed by atoms with E-state index in [1.807, 2.05) is 84.9 Å². The van der Waals surface area contributed by atoms with E-state index in [-0.39, 0.29) is 57.6 Å². The van der Waals surface area contributed by atoms with E-state index in [1.165, 1.54) is 0 Å². The summed E-state index contributed by atoms with van der Waals surface area (Å²) in [6.07, 6.45) is 0. The van der Waals surface area contributed by atoms with Crippen molar-refractivity contribution in [1.82, 2.24) is 9.13 Å². The van der Waals surface area contributed by atoms with Crippen LogP contribution in [0.3, 0.4) is 0 Å². The third-order valence-corrected chi connectivity index (χ3v) is 9.97. The molecule has 0 radical (unpaired) electrons. The van der Waals surface area contributed by atoms with Gasteiger partial charge in [-0.2, -0.15) is 0 Å². The van der Waals surface area contributed by atoms with Crippen LogP contribution in [0, 0.1) is 0 Å². The summed E-state index contributed by atoms with van der Waals surface area (Å²) >= 11 is 0. The number of para-hydroxylation sites is 3. The summed E-state index contributed by atoms with van der Waals surface area (Å²) in [5.74, 6) is 0. The molecule has 8 aromatic carbocycles. The smallest absolute Gasteiger partial charge is 0.137 e. The van der Waals surface area contributed by atoms with Crippen LogP contribution in [-0.4, -0.2) is 9.13 Å². The normalized spacial score (nSPS) is 13.8. The standard InChI is InChI=1S/C48H30N2O/c1-2-10-31(11-3-1)32-18-22-35(23-19-32)49-43-15-7-4-12-37(43)41-28-33(20-26-45(41)49)34-21-27-46-42(29-34)38-13-5-8-16-44(38)50(46)36-24-25-40-39-14-6-9-17-47(39)51-48(40)30-36/h1-30H/i5D,8D,13D,16D,21D,27D,29D. The predicted octanol–water partition coefficient (Wildman–Crippen LogP) is 13.1. The lowest BCUT2D eigenvalue weighted by Crippen LogP contribution is -1.94. The van der Waals surface area contributed by atoms with Gasteiger partial charge in [-0.05, 0) is 88.9 Å². The Morgan fingerprint density at radius 3 is 1.94 bits per heavy atom. The zero-order valence-electron chi connectivity index (χ0n) is 34.1. The van der Waals surface area contributed by atoms with Gasteiger partial charge in [0.2, 0.25) is 0 Å². The Kier molecular flexibility index (Phi) is 4.67. The van der Waals surface area contributed by atoms with Crippen LogP contribution in [0.25, 0.3) is 99.2 Å². The summed E-state index contributed by atoms with van der Waals surface area (Å²) in [7, 11) is 0. The minimum absolute atomic E-state index is 0.0887. The number of rotatable bonds is 4. The van der Waals surface area contributed by atoms with Crippen LogP contribution in [0.15, 0.2) is 186 Å². The van der Waals surface area contributed by atoms with Crippen molar-refractivity contribution in [3.8, 4) is 33.6 Å². The van der Waals surface area contributed by atoms with E-state index in [4.69, 9.17) is 9.90 Å². The number of nitrogens with zero attached hydrogens (tertiary/aromatic N) is 2. The van der Waals surface area contributed by atoms with Gasteiger partial charge in [-0.15, -0.1) is 0 Å². The molecule has 0 aliphatic carbocycles. The first kappa shape index (κ1) is 22.0. The van der Waals surface area contributed by atoms with E-state index >= 15 is 0 Å². The molecule has 0 unspecified atom stereocenters. The highest BCUT2D eigenvalue weighted by Crippen LogP contribution is 2.39. The second-order valence-electron chi connectivity index (χ2n) is 12.8. The summed E-state index contributed by atoms with van der Waals surface area (Å²) in [5, 5.41) is 4.02. The summed E-state index contributed by atoms with van der Waals surface area (Å²) in [4.78, 5) is 0. The maximum atomic E-state index is 9.78. The Morgan fingerprint density at radius 2 is 1.04 bits per heavy atom. The third kappa shape index (κ3) is 4.25. The molecule has 0 bridgehead atoms. The highest BCUT2D eigenvalue weighted by molar-refractivity contribution is 6.13. The van der Waals surface area contributed by atoms with Gasteiger partial charge in [-0.3, -0.25) is 0 Å². The molecular formula is C48H30N2O. The van der Waals surface area contributed by atoms with Crippen LogP contribution in [0.4, 0.5) is 0 Å². The molecule has 3 nitrogen and oxygen atoms in total. The fourth-order valence-electron chi connectivity index (χ4n) is 7.61. The van der Waals surface area contributed by atoms with Crippen molar-refractivity contribution in [1.29, 1.82) is 0 Å². The molecule has 0 fully saturated rings. The van der Waals surface area contributed by atoms with Gasteiger partial charge in [0.25, 0.3) is 0 Å². The van der Waals surface area contributed by atoms with Crippen LogP contribution >= 0.6 is 0 Å². The van der Waals surface area contributed by atoms with Crippen molar-refractivity contribution in [2.24, 2.45) is 0 Å². The van der Waals surface area contributed by atoms with Gasteiger partial charge in [0.15, 0.2) is 0 Å². The van der Waals surface area contributed by atoms with Crippen LogP contribution in [-0.2, 0) is 0 Å². The quantitative estimate of drug-likeness (QED) is 0.185. The molecule has 11 aromatic rings. The first-order valence-electron chi connectivity index (χ1n) is 20.4. The number of hydrogen-bond donors (Lipinski definition) is 0. The van der Waals surface area contributed by atoms with Gasteiger partial charge < -0.3 is 13.6 Å². The largest absolute Gasteiger partial charge is 0.456 e. The van der Waals surface area contributed by atoms with Gasteiger partial charge in [0.05, 0.1) is 31.7 Å². The fraction of sp³-hybridized carbons (Fsp3) is 0. The van der Waals surface area contributed by atoms with E-state index in [9.17, 15) is 4.11 Å². The molecule has 3 aromatic heterocycles. The molecular weight excluding hydrogens is 621 g/mol. The SMILES string of the molecule is [2H]c1c([2H])c([2H])c2c(c1[2H])c1c([2H])c(-c3ccc4c(c3)c3ccccc3n4-c3ccc(-c4ccccc4)cc3)c([2H])c([2H])c1n2-c1ccc2c(c1)oc1ccccc12. The van der Waals surface area contributed by atoms with Crippen LogP contribution in [0.5, 0.6) is 0 Å². The maximum Gasteiger partial charge on any atom is 0.137 e. The van der Waals surface area contributed by atoms with Gasteiger partial charge in [-0.1, -0.05) is 109 Å². The van der Waals surface area contributed by atoms with Crippen molar-refractivity contribution in [2.45, 2.75) is 0 Å². The van der Waals surface area contributed by atoms with E-state index in [0.717, 1.165) is 49.4 Å². The fourth-order valence-corrected chi connectivity index (χ4v) is 7.61. The monoisotopic (exact) mass is 657 g/mol. The Hall–Kier alpha value is -6.84. The molecule has 0 aliphatic heterocycles. The van der Waals surface area contributed by atoms with Crippen LogP contribution in [0.2, 0.25) is 0 Å². The predicted molar refractivity (Wildman–Crippen MR) is 213 cm³/mol. The molecule has 3 heterocycles. The van der Waals surface area contributed by atoms with Crippen LogP contribution in [0.1, 0.15) is 9.60 Å². The lowest BCUT2D eigenvalue weighted by Gasteiger charge is -2.10. The minimum Gasteiger partial charge on any atom is -0.456 e. The molecule has 0 N–H and O–H groups in total. The second-order valence-corrected chi connectivity index (χ2v) is 12.8. The molecule has 0 atom stereocenters. The number of furan rings is 1. The average molecular weight is 658 g/mol. The van der Waals surface area contributed by atoms with E-state index in [2.05, 4.69) is 53.1 Å². The zero-order valence-corrected chi connectivity index (χ0v) is 27.1. The van der Waals surface area contributed by atoms with Crippen molar-refractivity contribution in [3.05, 3.63) is 182 Å². The highest BCUT2D eigenvalue weighted by atomic mass is 16.3. The molecule has 0 spiro atoms. The van der Waals surface area contributed by atoms with Gasteiger partial charge in [0, 0.05) is 49.8 Å². The van der Waals surface area contributed by atoms with Crippen molar-refractivity contribution < 1.29 is 14.0 Å². The van der Waals surface area contributed by atoms with Gasteiger partial charge in [0.1, 0.15) is 11.2 Å². The lowest BCUT2D eigenvalue weighted by molar-refractivity contribution is 0.668. The molecule has 3 heteroatoms. The topological polar surface area (TPSA) is 23.0 Å². The maximum absolute atomic E-state index is 9.78. The minimum atomic E-state index is -0.433. The molecule has 0 amide bonds. The summed E-state index contributed by atoms with van der Waals surface area (Å²) < 4.78 is 74.3. The Labute approximate surface area is 303 Å². The number of fused-ring (bicyclic) bond motifs is 9. The highest BCUT2D eigenvalue weighted by Gasteiger charge is 2.17. The summed E-state index contributed by atoms with van der Waals surface area (Å²) in [6, 6.07) is 43.9. The molecule has 238 valence electrons. The molecule has 0 aliphatic rings. The van der Waals surface area contributed by atoms with Crippen molar-refractivity contribution in [3.63, 3.8) is 0 Å². The average Bonchev–Trinajstić information content (AvgIpc) is 3.93. The number of aromatic nitrogens is 2. The summed E-state index contributed by atoms with van der Waals surface area (Å²) in [5.41, 5.74) is 7.98. The first-order chi connectivity index (χ1) is 28.2. The molecule has 0 saturated heterocycles.